The van der Waals surface area contributed by atoms with Gasteiger partial charge in [0.1, 0.15) is 5.25 Å². The second-order valence-corrected chi connectivity index (χ2v) is 8.82. The summed E-state index contributed by atoms with van der Waals surface area (Å²) in [6, 6.07) is 13.7. The highest BCUT2D eigenvalue weighted by atomic mass is 35.5. The molecule has 1 amide bonds. The number of thioether (sulfide) groups is 1. The molecule has 1 aliphatic rings. The van der Waals surface area contributed by atoms with Gasteiger partial charge in [-0.3, -0.25) is 4.79 Å². The molecule has 4 rings (SSSR count). The Morgan fingerprint density at radius 1 is 1.17 bits per heavy atom. The Kier molecular flexibility index (Phi) is 6.01. The van der Waals surface area contributed by atoms with Gasteiger partial charge in [-0.25, -0.2) is 4.68 Å². The maximum Gasteiger partial charge on any atom is 0.240 e. The molecule has 6 nitrogen and oxygen atoms in total. The summed E-state index contributed by atoms with van der Waals surface area (Å²) in [6.07, 6.45) is 1.72. The number of anilines is 1. The molecule has 0 radical (unpaired) electrons. The van der Waals surface area contributed by atoms with E-state index in [4.69, 9.17) is 11.6 Å². The molecular formula is C22H24ClN5OS. The summed E-state index contributed by atoms with van der Waals surface area (Å²) in [5.74, 6) is 0.743. The fraction of sp³-hybridized carbons (Fsp3) is 0.318. The van der Waals surface area contributed by atoms with Gasteiger partial charge in [0.05, 0.1) is 6.04 Å². The molecule has 1 aromatic heterocycles. The van der Waals surface area contributed by atoms with Gasteiger partial charge < -0.3 is 10.7 Å². The van der Waals surface area contributed by atoms with Crippen LogP contribution in [0.3, 0.4) is 0 Å². The molecule has 156 valence electrons. The first-order chi connectivity index (χ1) is 14.5. The van der Waals surface area contributed by atoms with Crippen LogP contribution in [0.2, 0.25) is 5.02 Å². The summed E-state index contributed by atoms with van der Waals surface area (Å²) in [7, 11) is 0. The molecular weight excluding hydrogens is 418 g/mol. The van der Waals surface area contributed by atoms with Crippen molar-refractivity contribution in [1.29, 1.82) is 0 Å². The number of halogens is 1. The number of benzene rings is 2. The second-order valence-electron chi connectivity index (χ2n) is 7.28. The molecule has 0 aliphatic carbocycles. The van der Waals surface area contributed by atoms with Gasteiger partial charge in [-0.2, -0.15) is 0 Å². The normalized spacial score (nSPS) is 17.9. The monoisotopic (exact) mass is 441 g/mol. The molecule has 3 aromatic rings. The quantitative estimate of drug-likeness (QED) is 0.597. The number of hydrogen-bond donors (Lipinski definition) is 2. The minimum absolute atomic E-state index is 0.102. The van der Waals surface area contributed by atoms with Crippen LogP contribution in [0.25, 0.3) is 0 Å². The lowest BCUT2D eigenvalue weighted by Crippen LogP contribution is -2.41. The van der Waals surface area contributed by atoms with E-state index in [1.54, 1.807) is 6.07 Å². The lowest BCUT2D eigenvalue weighted by atomic mass is 10.0. The van der Waals surface area contributed by atoms with E-state index >= 15 is 0 Å². The van der Waals surface area contributed by atoms with Crippen LogP contribution in [0.15, 0.2) is 47.6 Å². The number of carbonyl (C=O) groups is 1. The molecule has 0 spiro atoms. The molecule has 0 saturated heterocycles. The Hall–Kier alpha value is -2.51. The lowest BCUT2D eigenvalue weighted by Gasteiger charge is -2.33. The van der Waals surface area contributed by atoms with E-state index in [1.165, 1.54) is 17.3 Å². The molecule has 0 saturated carbocycles. The van der Waals surface area contributed by atoms with Crippen molar-refractivity contribution in [2.24, 2.45) is 0 Å². The summed E-state index contributed by atoms with van der Waals surface area (Å²) < 4.78 is 1.90. The summed E-state index contributed by atoms with van der Waals surface area (Å²) in [4.78, 5) is 13.4. The highest BCUT2D eigenvalue weighted by Gasteiger charge is 2.37. The van der Waals surface area contributed by atoms with Gasteiger partial charge in [0, 0.05) is 17.1 Å². The van der Waals surface area contributed by atoms with Crippen LogP contribution in [-0.2, 0) is 17.6 Å². The van der Waals surface area contributed by atoms with Crippen LogP contribution in [0.1, 0.15) is 42.4 Å². The lowest BCUT2D eigenvalue weighted by molar-refractivity contribution is -0.116. The van der Waals surface area contributed by atoms with Crippen LogP contribution in [0.4, 0.5) is 5.69 Å². The Morgan fingerprint density at radius 2 is 1.93 bits per heavy atom. The number of rotatable bonds is 5. The molecule has 0 fully saturated rings. The predicted octanol–water partition coefficient (Wildman–Crippen LogP) is 4.76. The molecule has 2 aromatic carbocycles. The highest BCUT2D eigenvalue weighted by Crippen LogP contribution is 2.38. The maximum atomic E-state index is 13.4. The van der Waals surface area contributed by atoms with Crippen molar-refractivity contribution >= 4 is 35.0 Å². The summed E-state index contributed by atoms with van der Waals surface area (Å²) in [6.45, 7) is 6.11. The van der Waals surface area contributed by atoms with E-state index < -0.39 is 5.25 Å². The zero-order valence-electron chi connectivity index (χ0n) is 17.1. The van der Waals surface area contributed by atoms with E-state index in [2.05, 4.69) is 52.1 Å². The van der Waals surface area contributed by atoms with Gasteiger partial charge in [0.2, 0.25) is 11.1 Å². The average Bonchev–Trinajstić information content (AvgIpc) is 3.17. The molecule has 1 aliphatic heterocycles. The number of hydrogen-bond acceptors (Lipinski definition) is 5. The molecule has 8 heteroatoms. The van der Waals surface area contributed by atoms with Gasteiger partial charge >= 0.3 is 0 Å². The first kappa shape index (κ1) is 20.8. The maximum absolute atomic E-state index is 13.4. The number of nitrogens with one attached hydrogen (secondary N) is 2. The highest BCUT2D eigenvalue weighted by molar-refractivity contribution is 8.00. The number of amides is 1. The molecule has 30 heavy (non-hydrogen) atoms. The van der Waals surface area contributed by atoms with Crippen molar-refractivity contribution in [2.45, 2.75) is 50.1 Å². The molecule has 0 unspecified atom stereocenters. The Morgan fingerprint density at radius 3 is 2.63 bits per heavy atom. The van der Waals surface area contributed by atoms with Crippen LogP contribution < -0.4 is 10.7 Å². The summed E-state index contributed by atoms with van der Waals surface area (Å²) >= 11 is 7.56. The van der Waals surface area contributed by atoms with Gasteiger partial charge in [-0.05, 0) is 42.2 Å². The SMILES string of the molecule is CCc1ccc([C@@H]2Nn3c(CC)nnc3S[C@H]2C(=O)Nc2cc(Cl)ccc2C)cc1. The number of carbonyl (C=O) groups excluding carboxylic acids is 1. The number of aryl methyl sites for hydroxylation is 3. The molecule has 0 bridgehead atoms. The summed E-state index contributed by atoms with van der Waals surface area (Å²) in [5.41, 5.74) is 7.46. The topological polar surface area (TPSA) is 71.8 Å². The van der Waals surface area contributed by atoms with Crippen LogP contribution >= 0.6 is 23.4 Å². The largest absolute Gasteiger partial charge is 0.325 e. The Bertz CT molecular complexity index is 1070. The minimum Gasteiger partial charge on any atom is -0.325 e. The van der Waals surface area contributed by atoms with Crippen LogP contribution in [-0.4, -0.2) is 26.0 Å². The fourth-order valence-electron chi connectivity index (χ4n) is 3.47. The second kappa shape index (κ2) is 8.70. The van der Waals surface area contributed by atoms with E-state index in [0.717, 1.165) is 35.5 Å². The smallest absolute Gasteiger partial charge is 0.240 e. The Balaban J connectivity index is 1.68. The Labute approximate surface area is 185 Å². The predicted molar refractivity (Wildman–Crippen MR) is 122 cm³/mol. The van der Waals surface area contributed by atoms with Crippen molar-refractivity contribution in [2.75, 3.05) is 10.7 Å². The van der Waals surface area contributed by atoms with Gasteiger partial charge in [0.25, 0.3) is 0 Å². The van der Waals surface area contributed by atoms with Crippen molar-refractivity contribution in [3.8, 4) is 0 Å². The number of aromatic nitrogens is 3. The van der Waals surface area contributed by atoms with E-state index in [9.17, 15) is 4.79 Å². The van der Waals surface area contributed by atoms with Crippen molar-refractivity contribution in [3.63, 3.8) is 0 Å². The van der Waals surface area contributed by atoms with Crippen LogP contribution in [0.5, 0.6) is 0 Å². The van der Waals surface area contributed by atoms with Gasteiger partial charge in [-0.1, -0.05) is 67.5 Å². The molecule has 2 heterocycles. The molecule has 2 atom stereocenters. The zero-order chi connectivity index (χ0) is 21.3. The first-order valence-electron chi connectivity index (χ1n) is 10.0. The first-order valence-corrected chi connectivity index (χ1v) is 11.3. The van der Waals surface area contributed by atoms with Gasteiger partial charge in [-0.15, -0.1) is 10.2 Å². The number of nitrogens with zero attached hydrogens (tertiary/aromatic N) is 3. The number of fused-ring (bicyclic) bond motifs is 1. The zero-order valence-corrected chi connectivity index (χ0v) is 18.7. The van der Waals surface area contributed by atoms with Crippen LogP contribution in [0, 0.1) is 6.92 Å². The third-order valence-electron chi connectivity index (χ3n) is 5.28. The van der Waals surface area contributed by atoms with Crippen molar-refractivity contribution in [1.82, 2.24) is 14.9 Å². The average molecular weight is 442 g/mol. The van der Waals surface area contributed by atoms with Crippen molar-refractivity contribution < 1.29 is 4.79 Å². The summed E-state index contributed by atoms with van der Waals surface area (Å²) in [5, 5.41) is 12.4. The van der Waals surface area contributed by atoms with E-state index in [-0.39, 0.29) is 11.9 Å². The third-order valence-corrected chi connectivity index (χ3v) is 6.73. The van der Waals surface area contributed by atoms with Gasteiger partial charge in [0.15, 0.2) is 5.82 Å². The van der Waals surface area contributed by atoms with E-state index in [1.807, 2.05) is 30.7 Å². The van der Waals surface area contributed by atoms with E-state index in [0.29, 0.717) is 10.2 Å². The molecule has 2 N–H and O–H groups in total. The minimum atomic E-state index is -0.419. The third kappa shape index (κ3) is 4.04. The fourth-order valence-corrected chi connectivity index (χ4v) is 4.74. The van der Waals surface area contributed by atoms with Crippen molar-refractivity contribution in [3.05, 3.63) is 70.0 Å². The standard InChI is InChI=1S/C22H24ClN5OS/c1-4-14-7-9-15(10-8-14)19-20(30-22-26-25-18(5-2)28(22)27-19)21(29)24-17-12-16(23)11-6-13(17)3/h6-12,19-20,27H,4-5H2,1-3H3,(H,24,29)/t19-,20+/m0/s1.